The van der Waals surface area contributed by atoms with Crippen LogP contribution >= 0.6 is 0 Å². The normalized spacial score (nSPS) is 11.1. The fourth-order valence-corrected chi connectivity index (χ4v) is 1.85. The molecule has 0 aliphatic carbocycles. The molecule has 5 nitrogen and oxygen atoms in total. The lowest BCUT2D eigenvalue weighted by Gasteiger charge is -2.13. The molecule has 0 fully saturated rings. The molecule has 106 valence electrons. The minimum atomic E-state index is -0.166. The smallest absolute Gasteiger partial charge is 0.149 e. The monoisotopic (exact) mass is 266 g/mol. The van der Waals surface area contributed by atoms with Gasteiger partial charge in [0.25, 0.3) is 0 Å². The lowest BCUT2D eigenvalue weighted by atomic mass is 10.1. The largest absolute Gasteiger partial charge is 0.491 e. The molecule has 0 spiro atoms. The maximum atomic E-state index is 9.26. The van der Waals surface area contributed by atoms with Gasteiger partial charge in [0.2, 0.25) is 0 Å². The molecule has 1 heterocycles. The number of aliphatic hydroxyl groups is 1. The van der Waals surface area contributed by atoms with Crippen molar-refractivity contribution >= 4 is 6.21 Å². The molecule has 1 aromatic heterocycles. The molecule has 0 atom stereocenters. The highest BCUT2D eigenvalue weighted by atomic mass is 16.5. The SMILES string of the molecule is CCCCCCOc1c(C)ncc(CO)c1/C=N\O. The molecule has 1 rings (SSSR count). The Kier molecular flexibility index (Phi) is 6.89. The first kappa shape index (κ1) is 15.4. The maximum Gasteiger partial charge on any atom is 0.149 e. The standard InChI is InChI=1S/C14H22N2O3/c1-3-4-5-6-7-19-14-11(2)15-8-12(10-17)13(14)9-16-18/h8-9,17-18H,3-7,10H2,1-2H3/b16-9-. The van der Waals surface area contributed by atoms with Gasteiger partial charge in [-0.15, -0.1) is 0 Å². The van der Waals surface area contributed by atoms with E-state index in [-0.39, 0.29) is 6.61 Å². The Balaban J connectivity index is 2.79. The van der Waals surface area contributed by atoms with Crippen molar-refractivity contribution in [2.24, 2.45) is 5.16 Å². The number of nitrogens with zero attached hydrogens (tertiary/aromatic N) is 2. The van der Waals surface area contributed by atoms with Crippen molar-refractivity contribution in [3.63, 3.8) is 0 Å². The highest BCUT2D eigenvalue weighted by Crippen LogP contribution is 2.24. The predicted octanol–water partition coefficient (Wildman–Crippen LogP) is 2.65. The van der Waals surface area contributed by atoms with E-state index in [2.05, 4.69) is 17.1 Å². The van der Waals surface area contributed by atoms with Crippen LogP contribution in [0.2, 0.25) is 0 Å². The summed E-state index contributed by atoms with van der Waals surface area (Å²) in [6, 6.07) is 0. The van der Waals surface area contributed by atoms with E-state index in [1.54, 1.807) is 6.20 Å². The third kappa shape index (κ3) is 4.52. The van der Waals surface area contributed by atoms with E-state index in [0.29, 0.717) is 23.5 Å². The molecule has 0 bridgehead atoms. The summed E-state index contributed by atoms with van der Waals surface area (Å²) < 4.78 is 5.73. The summed E-state index contributed by atoms with van der Waals surface area (Å²) in [6.07, 6.45) is 7.33. The second-order valence-electron chi connectivity index (χ2n) is 4.42. The zero-order chi connectivity index (χ0) is 14.1. The number of aromatic nitrogens is 1. The van der Waals surface area contributed by atoms with E-state index in [1.165, 1.54) is 19.1 Å². The van der Waals surface area contributed by atoms with Crippen LogP contribution in [0.5, 0.6) is 5.75 Å². The zero-order valence-electron chi connectivity index (χ0n) is 11.6. The number of pyridine rings is 1. The second-order valence-corrected chi connectivity index (χ2v) is 4.42. The fraction of sp³-hybridized carbons (Fsp3) is 0.571. The number of rotatable bonds is 8. The van der Waals surface area contributed by atoms with Crippen LogP contribution in [-0.2, 0) is 6.61 Å². The van der Waals surface area contributed by atoms with Crippen LogP contribution < -0.4 is 4.74 Å². The Labute approximate surface area is 113 Å². The van der Waals surface area contributed by atoms with Crippen LogP contribution in [0.1, 0.15) is 49.4 Å². The van der Waals surface area contributed by atoms with Gasteiger partial charge in [0.05, 0.1) is 25.1 Å². The van der Waals surface area contributed by atoms with Crippen molar-refractivity contribution < 1.29 is 15.1 Å². The van der Waals surface area contributed by atoms with Crippen LogP contribution in [0.25, 0.3) is 0 Å². The molecule has 0 aliphatic heterocycles. The molecule has 0 saturated heterocycles. The Morgan fingerprint density at radius 2 is 2.16 bits per heavy atom. The number of oxime groups is 1. The van der Waals surface area contributed by atoms with Gasteiger partial charge < -0.3 is 15.1 Å². The zero-order valence-corrected chi connectivity index (χ0v) is 11.6. The maximum absolute atomic E-state index is 9.26. The van der Waals surface area contributed by atoms with Crippen molar-refractivity contribution in [2.75, 3.05) is 6.61 Å². The summed E-state index contributed by atoms with van der Waals surface area (Å²) in [6.45, 7) is 4.43. The third-order valence-electron chi connectivity index (χ3n) is 2.93. The van der Waals surface area contributed by atoms with Gasteiger partial charge in [0.15, 0.2) is 0 Å². The molecule has 0 saturated carbocycles. The minimum Gasteiger partial charge on any atom is -0.491 e. The van der Waals surface area contributed by atoms with Crippen LogP contribution in [0, 0.1) is 6.92 Å². The van der Waals surface area contributed by atoms with E-state index >= 15 is 0 Å². The Morgan fingerprint density at radius 3 is 2.79 bits per heavy atom. The van der Waals surface area contributed by atoms with Crippen molar-refractivity contribution in [2.45, 2.75) is 46.1 Å². The average Bonchev–Trinajstić information content (AvgIpc) is 2.42. The lowest BCUT2D eigenvalue weighted by Crippen LogP contribution is -2.06. The first-order chi connectivity index (χ1) is 9.24. The van der Waals surface area contributed by atoms with Gasteiger partial charge in [-0.05, 0) is 13.3 Å². The topological polar surface area (TPSA) is 74.9 Å². The van der Waals surface area contributed by atoms with E-state index < -0.39 is 0 Å². The highest BCUT2D eigenvalue weighted by molar-refractivity contribution is 5.85. The first-order valence-electron chi connectivity index (χ1n) is 6.64. The van der Waals surface area contributed by atoms with Gasteiger partial charge in [-0.25, -0.2) is 0 Å². The van der Waals surface area contributed by atoms with E-state index in [1.807, 2.05) is 6.92 Å². The van der Waals surface area contributed by atoms with Crippen LogP contribution in [0.4, 0.5) is 0 Å². The Bertz CT molecular complexity index is 419. The molecule has 19 heavy (non-hydrogen) atoms. The molecule has 0 aromatic carbocycles. The first-order valence-corrected chi connectivity index (χ1v) is 6.64. The van der Waals surface area contributed by atoms with E-state index in [0.717, 1.165) is 18.5 Å². The van der Waals surface area contributed by atoms with E-state index in [9.17, 15) is 5.11 Å². The number of aliphatic hydroxyl groups excluding tert-OH is 1. The molecule has 0 aliphatic rings. The Morgan fingerprint density at radius 1 is 1.37 bits per heavy atom. The van der Waals surface area contributed by atoms with Crippen molar-refractivity contribution in [1.82, 2.24) is 4.98 Å². The molecule has 0 radical (unpaired) electrons. The molecule has 1 aromatic rings. The number of hydrogen-bond donors (Lipinski definition) is 2. The van der Waals surface area contributed by atoms with E-state index in [4.69, 9.17) is 9.94 Å². The van der Waals surface area contributed by atoms with Crippen molar-refractivity contribution in [1.29, 1.82) is 0 Å². The van der Waals surface area contributed by atoms with Gasteiger partial charge in [-0.3, -0.25) is 4.98 Å². The molecular weight excluding hydrogens is 244 g/mol. The van der Waals surface area contributed by atoms with Crippen LogP contribution in [0.15, 0.2) is 11.4 Å². The summed E-state index contributed by atoms with van der Waals surface area (Å²) in [5.41, 5.74) is 1.91. The number of aryl methyl sites for hydroxylation is 1. The molecule has 5 heteroatoms. The molecule has 0 amide bonds. The minimum absolute atomic E-state index is 0.166. The number of hydrogen-bond acceptors (Lipinski definition) is 5. The summed E-state index contributed by atoms with van der Waals surface area (Å²) in [7, 11) is 0. The summed E-state index contributed by atoms with van der Waals surface area (Å²) in [4.78, 5) is 4.18. The van der Waals surface area contributed by atoms with Crippen LogP contribution in [-0.4, -0.2) is 28.1 Å². The molecule has 0 unspecified atom stereocenters. The summed E-state index contributed by atoms with van der Waals surface area (Å²) in [5, 5.41) is 21.0. The van der Waals surface area contributed by atoms with Gasteiger partial charge >= 0.3 is 0 Å². The van der Waals surface area contributed by atoms with Crippen molar-refractivity contribution in [3.8, 4) is 5.75 Å². The number of ether oxygens (including phenoxy) is 1. The van der Waals surface area contributed by atoms with Crippen LogP contribution in [0.3, 0.4) is 0 Å². The average molecular weight is 266 g/mol. The van der Waals surface area contributed by atoms with Gasteiger partial charge in [0.1, 0.15) is 5.75 Å². The second kappa shape index (κ2) is 8.48. The quantitative estimate of drug-likeness (QED) is 0.328. The third-order valence-corrected chi connectivity index (χ3v) is 2.93. The fourth-order valence-electron chi connectivity index (χ4n) is 1.85. The molecular formula is C14H22N2O3. The Hall–Kier alpha value is -1.62. The highest BCUT2D eigenvalue weighted by Gasteiger charge is 2.12. The number of unbranched alkanes of at least 4 members (excludes halogenated alkanes) is 3. The lowest BCUT2D eigenvalue weighted by molar-refractivity contribution is 0.275. The van der Waals surface area contributed by atoms with Gasteiger partial charge in [0, 0.05) is 17.3 Å². The van der Waals surface area contributed by atoms with Gasteiger partial charge in [-0.2, -0.15) is 0 Å². The van der Waals surface area contributed by atoms with Crippen molar-refractivity contribution in [3.05, 3.63) is 23.0 Å². The van der Waals surface area contributed by atoms with Gasteiger partial charge in [-0.1, -0.05) is 31.3 Å². The summed E-state index contributed by atoms with van der Waals surface area (Å²) in [5.74, 6) is 0.584. The summed E-state index contributed by atoms with van der Waals surface area (Å²) >= 11 is 0. The molecule has 2 N–H and O–H groups in total. The predicted molar refractivity (Wildman–Crippen MR) is 73.9 cm³/mol.